The van der Waals surface area contributed by atoms with Crippen LogP contribution in [-0.4, -0.2) is 16.5 Å². The van der Waals surface area contributed by atoms with Gasteiger partial charge in [0.15, 0.2) is 11.6 Å². The Morgan fingerprint density at radius 1 is 1.28 bits per heavy atom. The molecule has 2 aromatic rings. The van der Waals surface area contributed by atoms with Crippen molar-refractivity contribution < 1.29 is 4.42 Å². The normalized spacial score (nSPS) is 14.3. The molecule has 0 saturated heterocycles. The fourth-order valence-corrected chi connectivity index (χ4v) is 2.42. The van der Waals surface area contributed by atoms with Crippen LogP contribution in [0.4, 0.5) is 5.82 Å². The van der Waals surface area contributed by atoms with Crippen LogP contribution in [0.5, 0.6) is 0 Å². The van der Waals surface area contributed by atoms with Gasteiger partial charge in [-0.2, -0.15) is 0 Å². The number of furan rings is 1. The number of hydrogen-bond donors (Lipinski definition) is 1. The van der Waals surface area contributed by atoms with Crippen LogP contribution < -0.4 is 5.32 Å². The Kier molecular flexibility index (Phi) is 3.00. The Labute approximate surface area is 106 Å². The lowest BCUT2D eigenvalue weighted by atomic mass is 9.96. The minimum atomic E-state index is 0.691. The minimum Gasteiger partial charge on any atom is -0.461 e. The third kappa shape index (κ3) is 1.98. The number of aromatic nitrogens is 2. The number of aryl methyl sites for hydroxylation is 1. The number of hydrogen-bond acceptors (Lipinski definition) is 4. The zero-order chi connectivity index (χ0) is 12.4. The first-order valence-electron chi connectivity index (χ1n) is 6.56. The molecule has 1 aliphatic carbocycles. The highest BCUT2D eigenvalue weighted by Crippen LogP contribution is 2.28. The van der Waals surface area contributed by atoms with E-state index in [2.05, 4.69) is 22.2 Å². The molecular weight excluding hydrogens is 226 g/mol. The van der Waals surface area contributed by atoms with Gasteiger partial charge in [0, 0.05) is 17.8 Å². The number of anilines is 1. The van der Waals surface area contributed by atoms with Gasteiger partial charge in [-0.15, -0.1) is 0 Å². The molecule has 0 atom stereocenters. The third-order valence-electron chi connectivity index (χ3n) is 3.27. The lowest BCUT2D eigenvalue weighted by Gasteiger charge is -2.18. The molecule has 18 heavy (non-hydrogen) atoms. The van der Waals surface area contributed by atoms with Crippen LogP contribution >= 0.6 is 0 Å². The summed E-state index contributed by atoms with van der Waals surface area (Å²) in [5.41, 5.74) is 2.47. The number of fused-ring (bicyclic) bond motifs is 1. The molecule has 4 nitrogen and oxygen atoms in total. The lowest BCUT2D eigenvalue weighted by molar-refractivity contribution is 0.575. The van der Waals surface area contributed by atoms with Gasteiger partial charge in [0.25, 0.3) is 0 Å². The summed E-state index contributed by atoms with van der Waals surface area (Å²) >= 11 is 0. The molecule has 3 rings (SSSR count). The van der Waals surface area contributed by atoms with Crippen molar-refractivity contribution >= 4 is 5.82 Å². The fourth-order valence-electron chi connectivity index (χ4n) is 2.42. The van der Waals surface area contributed by atoms with E-state index in [-0.39, 0.29) is 0 Å². The second-order valence-electron chi connectivity index (χ2n) is 4.54. The SMILES string of the molecule is CCNc1nc(-c2ccco2)nc2c1CCCC2. The fraction of sp³-hybridized carbons (Fsp3) is 0.429. The molecular formula is C14H17N3O. The van der Waals surface area contributed by atoms with Crippen LogP contribution in [0.1, 0.15) is 31.0 Å². The number of nitrogens with zero attached hydrogens (tertiary/aromatic N) is 2. The third-order valence-corrected chi connectivity index (χ3v) is 3.27. The molecule has 94 valence electrons. The molecule has 0 fully saturated rings. The van der Waals surface area contributed by atoms with Crippen LogP contribution in [0.25, 0.3) is 11.6 Å². The van der Waals surface area contributed by atoms with E-state index < -0.39 is 0 Å². The second-order valence-corrected chi connectivity index (χ2v) is 4.54. The van der Waals surface area contributed by atoms with Crippen molar-refractivity contribution in [1.82, 2.24) is 9.97 Å². The summed E-state index contributed by atoms with van der Waals surface area (Å²) in [4.78, 5) is 9.26. The standard InChI is InChI=1S/C14H17N3O/c1-2-15-13-10-6-3-4-7-11(10)16-14(17-13)12-8-5-9-18-12/h5,8-9H,2-4,6-7H2,1H3,(H,15,16,17). The molecule has 0 bridgehead atoms. The Bertz CT molecular complexity index is 534. The van der Waals surface area contributed by atoms with Gasteiger partial charge in [0.05, 0.1) is 6.26 Å². The molecule has 0 saturated carbocycles. The Balaban J connectivity index is 2.09. The molecule has 2 heterocycles. The molecule has 0 amide bonds. The number of nitrogens with one attached hydrogen (secondary N) is 1. The van der Waals surface area contributed by atoms with Crippen molar-refractivity contribution in [3.05, 3.63) is 29.7 Å². The zero-order valence-corrected chi connectivity index (χ0v) is 10.6. The van der Waals surface area contributed by atoms with Gasteiger partial charge >= 0.3 is 0 Å². The quantitative estimate of drug-likeness (QED) is 0.900. The van der Waals surface area contributed by atoms with E-state index in [1.54, 1.807) is 6.26 Å². The van der Waals surface area contributed by atoms with Crippen LogP contribution in [0.15, 0.2) is 22.8 Å². The molecule has 0 unspecified atom stereocenters. The van der Waals surface area contributed by atoms with Crippen molar-refractivity contribution in [2.24, 2.45) is 0 Å². The molecule has 1 aliphatic rings. The maximum absolute atomic E-state index is 5.39. The van der Waals surface area contributed by atoms with Crippen molar-refractivity contribution in [3.8, 4) is 11.6 Å². The van der Waals surface area contributed by atoms with Gasteiger partial charge < -0.3 is 9.73 Å². The molecule has 1 N–H and O–H groups in total. The van der Waals surface area contributed by atoms with E-state index in [0.29, 0.717) is 5.82 Å². The van der Waals surface area contributed by atoms with E-state index in [4.69, 9.17) is 4.42 Å². The summed E-state index contributed by atoms with van der Waals surface area (Å²) < 4.78 is 5.39. The van der Waals surface area contributed by atoms with Gasteiger partial charge in [-0.25, -0.2) is 9.97 Å². The van der Waals surface area contributed by atoms with Crippen LogP contribution in [0.3, 0.4) is 0 Å². The highest BCUT2D eigenvalue weighted by molar-refractivity contribution is 5.56. The first-order valence-corrected chi connectivity index (χ1v) is 6.56. The summed E-state index contributed by atoms with van der Waals surface area (Å²) in [6, 6.07) is 3.77. The Morgan fingerprint density at radius 3 is 2.94 bits per heavy atom. The van der Waals surface area contributed by atoms with E-state index in [0.717, 1.165) is 31.0 Å². The van der Waals surface area contributed by atoms with E-state index >= 15 is 0 Å². The molecule has 2 aromatic heterocycles. The summed E-state index contributed by atoms with van der Waals surface area (Å²) in [7, 11) is 0. The van der Waals surface area contributed by atoms with Gasteiger partial charge in [-0.05, 0) is 44.7 Å². The van der Waals surface area contributed by atoms with Gasteiger partial charge in [-0.1, -0.05) is 0 Å². The largest absolute Gasteiger partial charge is 0.461 e. The summed E-state index contributed by atoms with van der Waals surface area (Å²) in [6.45, 7) is 2.96. The first kappa shape index (κ1) is 11.3. The molecule has 0 spiro atoms. The van der Waals surface area contributed by atoms with Crippen LogP contribution in [-0.2, 0) is 12.8 Å². The Hall–Kier alpha value is -1.84. The van der Waals surface area contributed by atoms with Crippen molar-refractivity contribution in [3.63, 3.8) is 0 Å². The first-order chi connectivity index (χ1) is 8.88. The summed E-state index contributed by atoms with van der Waals surface area (Å²) in [5, 5.41) is 3.35. The maximum atomic E-state index is 5.39. The number of rotatable bonds is 3. The van der Waals surface area contributed by atoms with Gasteiger partial charge in [-0.3, -0.25) is 0 Å². The highest BCUT2D eigenvalue weighted by atomic mass is 16.3. The predicted octanol–water partition coefficient (Wildman–Crippen LogP) is 3.05. The second kappa shape index (κ2) is 4.80. The lowest BCUT2D eigenvalue weighted by Crippen LogP contribution is -2.13. The molecule has 4 heteroatoms. The van der Waals surface area contributed by atoms with Crippen LogP contribution in [0.2, 0.25) is 0 Å². The van der Waals surface area contributed by atoms with Gasteiger partial charge in [0.2, 0.25) is 0 Å². The highest BCUT2D eigenvalue weighted by Gasteiger charge is 2.18. The van der Waals surface area contributed by atoms with Crippen molar-refractivity contribution in [2.75, 3.05) is 11.9 Å². The monoisotopic (exact) mass is 243 g/mol. The summed E-state index contributed by atoms with van der Waals surface area (Å²) in [6.07, 6.45) is 6.23. The Morgan fingerprint density at radius 2 is 2.17 bits per heavy atom. The smallest absolute Gasteiger partial charge is 0.197 e. The molecule has 0 aromatic carbocycles. The van der Waals surface area contributed by atoms with Crippen molar-refractivity contribution in [1.29, 1.82) is 0 Å². The molecule has 0 radical (unpaired) electrons. The summed E-state index contributed by atoms with van der Waals surface area (Å²) in [5.74, 6) is 2.41. The topological polar surface area (TPSA) is 51.0 Å². The average Bonchev–Trinajstić information content (AvgIpc) is 2.93. The van der Waals surface area contributed by atoms with E-state index in [9.17, 15) is 0 Å². The van der Waals surface area contributed by atoms with Crippen LogP contribution in [0, 0.1) is 0 Å². The van der Waals surface area contributed by atoms with E-state index in [1.165, 1.54) is 24.1 Å². The van der Waals surface area contributed by atoms with Crippen molar-refractivity contribution in [2.45, 2.75) is 32.6 Å². The van der Waals surface area contributed by atoms with Gasteiger partial charge in [0.1, 0.15) is 5.82 Å². The maximum Gasteiger partial charge on any atom is 0.197 e. The zero-order valence-electron chi connectivity index (χ0n) is 10.6. The molecule has 0 aliphatic heterocycles. The predicted molar refractivity (Wildman–Crippen MR) is 70.5 cm³/mol. The minimum absolute atomic E-state index is 0.691. The average molecular weight is 243 g/mol. The van der Waals surface area contributed by atoms with E-state index in [1.807, 2.05) is 12.1 Å².